The molecule has 26 heavy (non-hydrogen) atoms. The van der Waals surface area contributed by atoms with E-state index in [-0.39, 0.29) is 36.6 Å². The molecule has 0 saturated carbocycles. The lowest BCUT2D eigenvalue weighted by atomic mass is 10.1. The maximum absolute atomic E-state index is 13.7. The lowest BCUT2D eigenvalue weighted by Crippen LogP contribution is -2.44. The summed E-state index contributed by atoms with van der Waals surface area (Å²) >= 11 is 0. The van der Waals surface area contributed by atoms with Crippen LogP contribution in [0.5, 0.6) is 5.75 Å². The number of para-hydroxylation sites is 1. The highest BCUT2D eigenvalue weighted by atomic mass is 32.2. The van der Waals surface area contributed by atoms with Gasteiger partial charge in [0.05, 0.1) is 0 Å². The van der Waals surface area contributed by atoms with Gasteiger partial charge in [-0.3, -0.25) is 4.72 Å². The zero-order valence-corrected chi connectivity index (χ0v) is 15.2. The predicted molar refractivity (Wildman–Crippen MR) is 97.6 cm³/mol. The molecule has 0 amide bonds. The molecule has 0 bridgehead atoms. The largest absolute Gasteiger partial charge is 0.487 e. The zero-order chi connectivity index (χ0) is 18.7. The minimum absolute atomic E-state index is 0.186. The zero-order valence-electron chi connectivity index (χ0n) is 14.4. The quantitative estimate of drug-likeness (QED) is 0.830. The monoisotopic (exact) mass is 380 g/mol. The van der Waals surface area contributed by atoms with Gasteiger partial charge < -0.3 is 10.5 Å². The van der Waals surface area contributed by atoms with Crippen LogP contribution < -0.4 is 15.2 Å². The highest BCUT2D eigenvalue weighted by Gasteiger charge is 2.29. The standard InChI is InChI=1S/C17H21FN4O3S/c1-12-10-16(19)20-17(11-12)21-26(23,24)22-8-6-13(7-9-22)25-15-5-3-2-4-14(15)18/h2-5,10-11,13H,6-9H2,1H3,(H3,19,20,21). The molecule has 2 aromatic rings. The van der Waals surface area contributed by atoms with E-state index in [4.69, 9.17) is 10.5 Å². The SMILES string of the molecule is Cc1cc(N)nc(NS(=O)(=O)N2CCC(Oc3ccccc3F)CC2)c1. The van der Waals surface area contributed by atoms with Crippen LogP contribution in [-0.2, 0) is 10.2 Å². The lowest BCUT2D eigenvalue weighted by Gasteiger charge is -2.31. The first kappa shape index (κ1) is 18.4. The summed E-state index contributed by atoms with van der Waals surface area (Å²) in [6.45, 7) is 2.35. The Hall–Kier alpha value is -2.39. The Morgan fingerprint density at radius 2 is 1.96 bits per heavy atom. The Morgan fingerprint density at radius 3 is 2.62 bits per heavy atom. The van der Waals surface area contributed by atoms with Crippen molar-refractivity contribution in [2.45, 2.75) is 25.9 Å². The summed E-state index contributed by atoms with van der Waals surface area (Å²) in [5.41, 5.74) is 6.47. The molecular weight excluding hydrogens is 359 g/mol. The van der Waals surface area contributed by atoms with Crippen LogP contribution in [0.1, 0.15) is 18.4 Å². The van der Waals surface area contributed by atoms with Gasteiger partial charge in [-0.1, -0.05) is 12.1 Å². The van der Waals surface area contributed by atoms with Gasteiger partial charge in [0, 0.05) is 13.1 Å². The molecule has 3 N–H and O–H groups in total. The van der Waals surface area contributed by atoms with Crippen molar-refractivity contribution in [3.63, 3.8) is 0 Å². The maximum Gasteiger partial charge on any atom is 0.302 e. The fourth-order valence-corrected chi connectivity index (χ4v) is 4.04. The van der Waals surface area contributed by atoms with Crippen LogP contribution >= 0.6 is 0 Å². The van der Waals surface area contributed by atoms with Gasteiger partial charge in [0.2, 0.25) is 0 Å². The van der Waals surface area contributed by atoms with E-state index in [0.717, 1.165) is 5.56 Å². The van der Waals surface area contributed by atoms with Crippen molar-refractivity contribution in [2.24, 2.45) is 0 Å². The summed E-state index contributed by atoms with van der Waals surface area (Å²) in [4.78, 5) is 3.99. The predicted octanol–water partition coefficient (Wildman–Crippen LogP) is 2.31. The molecule has 0 unspecified atom stereocenters. The van der Waals surface area contributed by atoms with E-state index in [0.29, 0.717) is 12.8 Å². The first-order valence-corrected chi connectivity index (χ1v) is 9.71. The summed E-state index contributed by atoms with van der Waals surface area (Å²) in [7, 11) is -3.74. The van der Waals surface area contributed by atoms with Gasteiger partial charge in [-0.2, -0.15) is 12.7 Å². The molecule has 0 aliphatic carbocycles. The first-order valence-electron chi connectivity index (χ1n) is 8.27. The molecule has 140 valence electrons. The topological polar surface area (TPSA) is 97.5 Å². The van der Waals surface area contributed by atoms with Crippen molar-refractivity contribution in [3.8, 4) is 5.75 Å². The lowest BCUT2D eigenvalue weighted by molar-refractivity contribution is 0.130. The van der Waals surface area contributed by atoms with Gasteiger partial charge in [-0.25, -0.2) is 9.37 Å². The summed E-state index contributed by atoms with van der Waals surface area (Å²) in [6, 6.07) is 9.45. The van der Waals surface area contributed by atoms with Crippen molar-refractivity contribution in [3.05, 3.63) is 47.8 Å². The van der Waals surface area contributed by atoms with E-state index >= 15 is 0 Å². The first-order chi connectivity index (χ1) is 12.3. The van der Waals surface area contributed by atoms with E-state index in [2.05, 4.69) is 9.71 Å². The number of hydrogen-bond donors (Lipinski definition) is 2. The third kappa shape index (κ3) is 4.41. The molecular formula is C17H21FN4O3S. The molecule has 2 heterocycles. The molecule has 0 radical (unpaired) electrons. The average Bonchev–Trinajstić information content (AvgIpc) is 2.56. The normalized spacial score (nSPS) is 16.4. The number of nitrogen functional groups attached to an aromatic ring is 1. The number of halogens is 1. The van der Waals surface area contributed by atoms with E-state index in [1.165, 1.54) is 10.4 Å². The number of nitrogens with one attached hydrogen (secondary N) is 1. The average molecular weight is 380 g/mol. The molecule has 1 saturated heterocycles. The van der Waals surface area contributed by atoms with Crippen LogP contribution in [-0.4, -0.2) is 36.9 Å². The van der Waals surface area contributed by atoms with Crippen LogP contribution in [0.2, 0.25) is 0 Å². The van der Waals surface area contributed by atoms with Crippen LogP contribution in [0, 0.1) is 12.7 Å². The number of piperidine rings is 1. The molecule has 1 aromatic carbocycles. The molecule has 7 nitrogen and oxygen atoms in total. The van der Waals surface area contributed by atoms with E-state index < -0.39 is 16.0 Å². The fraction of sp³-hybridized carbons (Fsp3) is 0.353. The number of aryl methyl sites for hydroxylation is 1. The van der Waals surface area contributed by atoms with Crippen molar-refractivity contribution in [2.75, 3.05) is 23.5 Å². The molecule has 3 rings (SSSR count). The number of nitrogens with zero attached hydrogens (tertiary/aromatic N) is 2. The van der Waals surface area contributed by atoms with Crippen molar-refractivity contribution in [1.29, 1.82) is 0 Å². The minimum Gasteiger partial charge on any atom is -0.487 e. The smallest absolute Gasteiger partial charge is 0.302 e. The Morgan fingerprint density at radius 1 is 1.27 bits per heavy atom. The highest BCUT2D eigenvalue weighted by molar-refractivity contribution is 7.90. The Kier molecular flexibility index (Phi) is 5.28. The number of ether oxygens (including phenoxy) is 1. The van der Waals surface area contributed by atoms with E-state index in [1.54, 1.807) is 37.3 Å². The van der Waals surface area contributed by atoms with Gasteiger partial charge in [0.1, 0.15) is 17.7 Å². The minimum atomic E-state index is -3.74. The molecule has 0 spiro atoms. The van der Waals surface area contributed by atoms with Gasteiger partial charge >= 0.3 is 10.2 Å². The summed E-state index contributed by atoms with van der Waals surface area (Å²) in [5.74, 6) is 0.200. The number of hydrogen-bond acceptors (Lipinski definition) is 5. The third-order valence-corrected chi connectivity index (χ3v) is 5.61. The molecule has 1 aliphatic heterocycles. The number of pyridine rings is 1. The second kappa shape index (κ2) is 7.46. The molecule has 1 aromatic heterocycles. The second-order valence-electron chi connectivity index (χ2n) is 6.21. The fourth-order valence-electron chi connectivity index (χ4n) is 2.85. The second-order valence-corrected chi connectivity index (χ2v) is 7.88. The van der Waals surface area contributed by atoms with Gasteiger partial charge in [-0.15, -0.1) is 0 Å². The van der Waals surface area contributed by atoms with Crippen LogP contribution in [0.15, 0.2) is 36.4 Å². The summed E-state index contributed by atoms with van der Waals surface area (Å²) in [5, 5.41) is 0. The van der Waals surface area contributed by atoms with Crippen LogP contribution in [0.25, 0.3) is 0 Å². The Balaban J connectivity index is 1.60. The van der Waals surface area contributed by atoms with Crippen LogP contribution in [0.3, 0.4) is 0 Å². The summed E-state index contributed by atoms with van der Waals surface area (Å²) < 4.78 is 48.1. The van der Waals surface area contributed by atoms with Crippen molar-refractivity contribution < 1.29 is 17.5 Å². The van der Waals surface area contributed by atoms with Gasteiger partial charge in [0.15, 0.2) is 11.6 Å². The number of nitrogens with two attached hydrogens (primary N) is 1. The Bertz CT molecular complexity index is 863. The molecule has 9 heteroatoms. The molecule has 0 atom stereocenters. The number of rotatable bonds is 5. The summed E-state index contributed by atoms with van der Waals surface area (Å²) in [6.07, 6.45) is 0.711. The highest BCUT2D eigenvalue weighted by Crippen LogP contribution is 2.23. The number of benzene rings is 1. The van der Waals surface area contributed by atoms with Crippen molar-refractivity contribution >= 4 is 21.8 Å². The van der Waals surface area contributed by atoms with Gasteiger partial charge in [-0.05, 0) is 49.6 Å². The van der Waals surface area contributed by atoms with E-state index in [9.17, 15) is 12.8 Å². The maximum atomic E-state index is 13.7. The number of aromatic nitrogens is 1. The van der Waals surface area contributed by atoms with E-state index in [1.807, 2.05) is 0 Å². The number of anilines is 2. The van der Waals surface area contributed by atoms with Gasteiger partial charge in [0.25, 0.3) is 0 Å². The Labute approximate surface area is 152 Å². The molecule has 1 fully saturated rings. The molecule has 1 aliphatic rings. The third-order valence-electron chi connectivity index (χ3n) is 4.09. The van der Waals surface area contributed by atoms with Crippen LogP contribution in [0.4, 0.5) is 16.0 Å². The van der Waals surface area contributed by atoms with Crippen molar-refractivity contribution in [1.82, 2.24) is 9.29 Å².